The van der Waals surface area contributed by atoms with Gasteiger partial charge in [0, 0.05) is 6.61 Å². The van der Waals surface area contributed by atoms with Gasteiger partial charge in [-0.25, -0.2) is 0 Å². The zero-order chi connectivity index (χ0) is 17.1. The summed E-state index contributed by atoms with van der Waals surface area (Å²) in [6.45, 7) is 4.64. The molecule has 0 heterocycles. The number of hydrogen-bond donors (Lipinski definition) is 1. The van der Waals surface area contributed by atoms with Gasteiger partial charge in [-0.3, -0.25) is 4.55 Å². The number of hydrogen-bond acceptors (Lipinski definition) is 3. The van der Waals surface area contributed by atoms with Gasteiger partial charge < -0.3 is 4.74 Å². The van der Waals surface area contributed by atoms with Gasteiger partial charge in [0.2, 0.25) is 0 Å². The number of unbranched alkanes of at least 4 members (excludes halogenated alkanes) is 2. The number of ether oxygens (including phenoxy) is 1. The minimum absolute atomic E-state index is 0.185. The molecule has 0 fully saturated rings. The molecule has 1 aromatic rings. The first kappa shape index (κ1) is 20.1. The summed E-state index contributed by atoms with van der Waals surface area (Å²) >= 11 is 0. The van der Waals surface area contributed by atoms with E-state index in [2.05, 4.69) is 13.8 Å². The second-order valence-electron chi connectivity index (χ2n) is 5.98. The fourth-order valence-electron chi connectivity index (χ4n) is 2.75. The molecule has 0 saturated carbocycles. The third-order valence-corrected chi connectivity index (χ3v) is 5.23. The minimum Gasteiger partial charge on any atom is -0.378 e. The molecule has 0 amide bonds. The highest BCUT2D eigenvalue weighted by Gasteiger charge is 2.25. The van der Waals surface area contributed by atoms with E-state index in [1.165, 1.54) is 12.8 Å². The SMILES string of the molecule is CCCCCC(CCC)OCCC(c1ccccc1)S(=O)(=O)O. The fraction of sp³-hybridized carbons (Fsp3) is 0.667. The second kappa shape index (κ2) is 10.8. The number of benzene rings is 1. The fourth-order valence-corrected chi connectivity index (χ4v) is 3.65. The van der Waals surface area contributed by atoms with Crippen molar-refractivity contribution in [3.63, 3.8) is 0 Å². The molecule has 0 aromatic heterocycles. The Bertz CT molecular complexity index is 513. The van der Waals surface area contributed by atoms with Crippen molar-refractivity contribution in [3.05, 3.63) is 35.9 Å². The molecule has 1 rings (SSSR count). The van der Waals surface area contributed by atoms with Crippen LogP contribution in [0.5, 0.6) is 0 Å². The predicted octanol–water partition coefficient (Wildman–Crippen LogP) is 4.77. The van der Waals surface area contributed by atoms with Crippen molar-refractivity contribution in [2.24, 2.45) is 0 Å². The van der Waals surface area contributed by atoms with Gasteiger partial charge in [0.25, 0.3) is 10.1 Å². The van der Waals surface area contributed by atoms with Gasteiger partial charge in [0.15, 0.2) is 0 Å². The average Bonchev–Trinajstić information content (AvgIpc) is 2.51. The largest absolute Gasteiger partial charge is 0.378 e. The molecule has 23 heavy (non-hydrogen) atoms. The third kappa shape index (κ3) is 7.95. The Labute approximate surface area is 141 Å². The number of rotatable bonds is 12. The van der Waals surface area contributed by atoms with Crippen molar-refractivity contribution < 1.29 is 17.7 Å². The molecule has 2 atom stereocenters. The van der Waals surface area contributed by atoms with E-state index in [0.717, 1.165) is 25.7 Å². The van der Waals surface area contributed by atoms with Gasteiger partial charge in [-0.15, -0.1) is 0 Å². The van der Waals surface area contributed by atoms with E-state index in [-0.39, 0.29) is 12.5 Å². The Hall–Kier alpha value is -0.910. The summed E-state index contributed by atoms with van der Waals surface area (Å²) in [4.78, 5) is 0. The van der Waals surface area contributed by atoms with Crippen LogP contribution < -0.4 is 0 Å². The Morgan fingerprint density at radius 2 is 1.70 bits per heavy atom. The van der Waals surface area contributed by atoms with E-state index < -0.39 is 15.4 Å². The van der Waals surface area contributed by atoms with E-state index in [1.807, 2.05) is 6.07 Å². The zero-order valence-electron chi connectivity index (χ0n) is 14.3. The molecule has 4 nitrogen and oxygen atoms in total. The molecule has 0 bridgehead atoms. The molecule has 0 saturated heterocycles. The van der Waals surface area contributed by atoms with E-state index in [1.54, 1.807) is 24.3 Å². The van der Waals surface area contributed by atoms with Crippen LogP contribution in [-0.2, 0) is 14.9 Å². The first-order valence-corrected chi connectivity index (χ1v) is 10.1. The lowest BCUT2D eigenvalue weighted by molar-refractivity contribution is 0.0374. The molecule has 0 aliphatic heterocycles. The van der Waals surface area contributed by atoms with Crippen LogP contribution >= 0.6 is 0 Å². The molecule has 132 valence electrons. The second-order valence-corrected chi connectivity index (χ2v) is 7.58. The quantitative estimate of drug-likeness (QED) is 0.439. The van der Waals surface area contributed by atoms with Crippen LogP contribution in [0.15, 0.2) is 30.3 Å². The molecular formula is C18H30O4S. The lowest BCUT2D eigenvalue weighted by atomic mass is 10.1. The Morgan fingerprint density at radius 3 is 2.26 bits per heavy atom. The van der Waals surface area contributed by atoms with Crippen LogP contribution in [-0.4, -0.2) is 25.7 Å². The van der Waals surface area contributed by atoms with Gasteiger partial charge in [-0.1, -0.05) is 69.9 Å². The smallest absolute Gasteiger partial charge is 0.272 e. The summed E-state index contributed by atoms with van der Waals surface area (Å²) in [5, 5.41) is -0.915. The lowest BCUT2D eigenvalue weighted by Gasteiger charge is -2.19. The zero-order valence-corrected chi connectivity index (χ0v) is 15.1. The Kier molecular flexibility index (Phi) is 9.44. The van der Waals surface area contributed by atoms with Crippen molar-refractivity contribution >= 4 is 10.1 Å². The van der Waals surface area contributed by atoms with E-state index >= 15 is 0 Å². The monoisotopic (exact) mass is 342 g/mol. The lowest BCUT2D eigenvalue weighted by Crippen LogP contribution is -2.18. The van der Waals surface area contributed by atoms with Crippen molar-refractivity contribution in [2.45, 2.75) is 70.1 Å². The summed E-state index contributed by atoms with van der Waals surface area (Å²) in [5.74, 6) is 0. The topological polar surface area (TPSA) is 63.6 Å². The van der Waals surface area contributed by atoms with Crippen LogP contribution in [0.2, 0.25) is 0 Å². The molecule has 0 radical (unpaired) electrons. The highest BCUT2D eigenvalue weighted by atomic mass is 32.2. The van der Waals surface area contributed by atoms with Crippen LogP contribution in [0.1, 0.15) is 69.6 Å². The van der Waals surface area contributed by atoms with E-state index in [9.17, 15) is 13.0 Å². The van der Waals surface area contributed by atoms with Crippen LogP contribution in [0.4, 0.5) is 0 Å². The van der Waals surface area contributed by atoms with Gasteiger partial charge in [-0.2, -0.15) is 8.42 Å². The minimum atomic E-state index is -4.13. The maximum absolute atomic E-state index is 11.6. The molecule has 1 N–H and O–H groups in total. The normalized spacial score (nSPS) is 14.6. The molecule has 5 heteroatoms. The van der Waals surface area contributed by atoms with Crippen molar-refractivity contribution in [1.29, 1.82) is 0 Å². The molecule has 0 spiro atoms. The third-order valence-electron chi connectivity index (χ3n) is 4.00. The average molecular weight is 343 g/mol. The summed E-state index contributed by atoms with van der Waals surface area (Å²) in [7, 11) is -4.13. The Morgan fingerprint density at radius 1 is 1.00 bits per heavy atom. The summed E-state index contributed by atoms with van der Waals surface area (Å²) in [6.07, 6.45) is 7.04. The summed E-state index contributed by atoms with van der Waals surface area (Å²) in [5.41, 5.74) is 0.608. The summed E-state index contributed by atoms with van der Waals surface area (Å²) < 4.78 is 38.7. The molecule has 0 aliphatic rings. The highest BCUT2D eigenvalue weighted by Crippen LogP contribution is 2.25. The van der Waals surface area contributed by atoms with Crippen molar-refractivity contribution in [2.75, 3.05) is 6.61 Å². The molecule has 0 aliphatic carbocycles. The molecular weight excluding hydrogens is 312 g/mol. The molecule has 1 aromatic carbocycles. The van der Waals surface area contributed by atoms with Crippen molar-refractivity contribution in [1.82, 2.24) is 0 Å². The molecule has 2 unspecified atom stereocenters. The first-order valence-electron chi connectivity index (χ1n) is 8.61. The highest BCUT2D eigenvalue weighted by molar-refractivity contribution is 7.86. The maximum Gasteiger partial charge on any atom is 0.272 e. The maximum atomic E-state index is 11.6. The van der Waals surface area contributed by atoms with Gasteiger partial charge in [-0.05, 0) is 24.8 Å². The van der Waals surface area contributed by atoms with Gasteiger partial charge in [0.05, 0.1) is 6.10 Å². The predicted molar refractivity (Wildman–Crippen MR) is 94.1 cm³/mol. The van der Waals surface area contributed by atoms with Crippen LogP contribution in [0.3, 0.4) is 0 Å². The first-order chi connectivity index (χ1) is 11.0. The van der Waals surface area contributed by atoms with Gasteiger partial charge >= 0.3 is 0 Å². The van der Waals surface area contributed by atoms with E-state index in [4.69, 9.17) is 4.74 Å². The summed E-state index contributed by atoms with van der Waals surface area (Å²) in [6, 6.07) is 8.83. The van der Waals surface area contributed by atoms with Crippen LogP contribution in [0.25, 0.3) is 0 Å². The van der Waals surface area contributed by atoms with Crippen LogP contribution in [0, 0.1) is 0 Å². The van der Waals surface area contributed by atoms with Gasteiger partial charge in [0.1, 0.15) is 5.25 Å². The van der Waals surface area contributed by atoms with E-state index in [0.29, 0.717) is 12.2 Å². The standard InChI is InChI=1S/C18H30O4S/c1-3-5-7-13-17(10-4-2)22-15-14-18(23(19,20)21)16-11-8-6-9-12-16/h6,8-9,11-12,17-18H,3-5,7,10,13-15H2,1-2H3,(H,19,20,21). The Balaban J connectivity index is 2.57. The van der Waals surface area contributed by atoms with Crippen molar-refractivity contribution in [3.8, 4) is 0 Å².